The maximum atomic E-state index is 12.1. The van der Waals surface area contributed by atoms with Crippen molar-refractivity contribution in [3.63, 3.8) is 0 Å². The molecule has 0 aliphatic heterocycles. The second-order valence-electron chi connectivity index (χ2n) is 4.15. The third-order valence-corrected chi connectivity index (χ3v) is 3.83. The van der Waals surface area contributed by atoms with Crippen LogP contribution in [-0.4, -0.2) is 11.2 Å². The second kappa shape index (κ2) is 6.42. The van der Waals surface area contributed by atoms with E-state index in [0.29, 0.717) is 22.0 Å². The standard InChI is InChI=1S/C15H11Cl3O/c16-12-7-6-10(8-13(12)17)9-14(18)15(19)11-4-2-1-3-5-11/h1-8,14H,9H2. The molecule has 2 rings (SSSR count). The number of hydrogen-bond donors (Lipinski definition) is 0. The molecule has 0 saturated heterocycles. The molecule has 2 aromatic rings. The monoisotopic (exact) mass is 312 g/mol. The lowest BCUT2D eigenvalue weighted by Gasteiger charge is -2.09. The summed E-state index contributed by atoms with van der Waals surface area (Å²) in [5, 5.41) is 0.348. The topological polar surface area (TPSA) is 17.1 Å². The van der Waals surface area contributed by atoms with E-state index in [1.807, 2.05) is 24.3 Å². The molecule has 0 fully saturated rings. The molecule has 0 spiro atoms. The minimum absolute atomic E-state index is 0.0895. The van der Waals surface area contributed by atoms with Crippen LogP contribution in [0.5, 0.6) is 0 Å². The van der Waals surface area contributed by atoms with Crippen LogP contribution in [0.4, 0.5) is 0 Å². The van der Waals surface area contributed by atoms with Gasteiger partial charge in [0.25, 0.3) is 0 Å². The first-order valence-electron chi connectivity index (χ1n) is 5.75. The summed E-state index contributed by atoms with van der Waals surface area (Å²) in [5.74, 6) is -0.0895. The minimum Gasteiger partial charge on any atom is -0.292 e. The number of rotatable bonds is 4. The number of carbonyl (C=O) groups is 1. The van der Waals surface area contributed by atoms with Crippen molar-refractivity contribution in [2.45, 2.75) is 11.8 Å². The Morgan fingerprint density at radius 1 is 1.00 bits per heavy atom. The zero-order valence-corrected chi connectivity index (χ0v) is 12.2. The molecule has 0 aromatic heterocycles. The fourth-order valence-electron chi connectivity index (χ4n) is 1.75. The highest BCUT2D eigenvalue weighted by Crippen LogP contribution is 2.24. The van der Waals surface area contributed by atoms with Gasteiger partial charge in [-0.1, -0.05) is 59.6 Å². The Hall–Kier alpha value is -1.02. The third-order valence-electron chi connectivity index (χ3n) is 2.74. The van der Waals surface area contributed by atoms with Gasteiger partial charge in [0.15, 0.2) is 5.78 Å². The van der Waals surface area contributed by atoms with Crippen LogP contribution in [0, 0.1) is 0 Å². The number of carbonyl (C=O) groups excluding carboxylic acids is 1. The van der Waals surface area contributed by atoms with Crippen LogP contribution in [0.15, 0.2) is 48.5 Å². The molecule has 1 atom stereocenters. The summed E-state index contributed by atoms with van der Waals surface area (Å²) >= 11 is 17.9. The summed E-state index contributed by atoms with van der Waals surface area (Å²) in [7, 11) is 0. The molecule has 0 aliphatic rings. The highest BCUT2D eigenvalue weighted by molar-refractivity contribution is 6.42. The SMILES string of the molecule is O=C(c1ccccc1)C(Cl)Cc1ccc(Cl)c(Cl)c1. The molecule has 0 aliphatic carbocycles. The van der Waals surface area contributed by atoms with Gasteiger partial charge in [-0.15, -0.1) is 11.6 Å². The van der Waals surface area contributed by atoms with Crippen LogP contribution >= 0.6 is 34.8 Å². The third kappa shape index (κ3) is 3.73. The average Bonchev–Trinajstić information content (AvgIpc) is 2.43. The quantitative estimate of drug-likeness (QED) is 0.572. The zero-order chi connectivity index (χ0) is 13.8. The van der Waals surface area contributed by atoms with Crippen molar-refractivity contribution in [1.29, 1.82) is 0 Å². The molecule has 0 heterocycles. The van der Waals surface area contributed by atoms with E-state index in [2.05, 4.69) is 0 Å². The van der Waals surface area contributed by atoms with Crippen molar-refractivity contribution in [2.75, 3.05) is 0 Å². The summed E-state index contributed by atoms with van der Waals surface area (Å²) in [4.78, 5) is 12.1. The van der Waals surface area contributed by atoms with Crippen LogP contribution in [-0.2, 0) is 6.42 Å². The van der Waals surface area contributed by atoms with Gasteiger partial charge in [0.05, 0.1) is 10.0 Å². The summed E-state index contributed by atoms with van der Waals surface area (Å²) < 4.78 is 0. The average molecular weight is 314 g/mol. The minimum atomic E-state index is -0.611. The normalized spacial score (nSPS) is 12.2. The van der Waals surface area contributed by atoms with E-state index < -0.39 is 5.38 Å². The molecular weight excluding hydrogens is 303 g/mol. The lowest BCUT2D eigenvalue weighted by Crippen LogP contribution is -2.17. The molecule has 0 N–H and O–H groups in total. The first-order valence-corrected chi connectivity index (χ1v) is 6.94. The number of benzene rings is 2. The summed E-state index contributed by atoms with van der Waals surface area (Å²) in [6.45, 7) is 0. The number of halogens is 3. The van der Waals surface area contributed by atoms with Crippen molar-refractivity contribution in [1.82, 2.24) is 0 Å². The van der Waals surface area contributed by atoms with Gasteiger partial charge in [0.2, 0.25) is 0 Å². The molecule has 0 radical (unpaired) electrons. The first kappa shape index (κ1) is 14.4. The summed E-state index contributed by atoms with van der Waals surface area (Å²) in [6.07, 6.45) is 0.423. The molecule has 0 amide bonds. The number of ketones is 1. The Kier molecular flexibility index (Phi) is 4.87. The fourth-order valence-corrected chi connectivity index (χ4v) is 2.37. The van der Waals surface area contributed by atoms with Crippen molar-refractivity contribution in [3.05, 3.63) is 69.7 Å². The molecule has 1 unspecified atom stereocenters. The highest BCUT2D eigenvalue weighted by atomic mass is 35.5. The Morgan fingerprint density at radius 2 is 1.68 bits per heavy atom. The smallest absolute Gasteiger partial charge is 0.180 e. The summed E-state index contributed by atoms with van der Waals surface area (Å²) in [5.41, 5.74) is 1.50. The second-order valence-corrected chi connectivity index (χ2v) is 5.49. The number of hydrogen-bond acceptors (Lipinski definition) is 1. The zero-order valence-electron chi connectivity index (χ0n) is 9.95. The van der Waals surface area contributed by atoms with Crippen molar-refractivity contribution >= 4 is 40.6 Å². The Balaban J connectivity index is 2.10. The van der Waals surface area contributed by atoms with E-state index in [9.17, 15) is 4.79 Å². The van der Waals surface area contributed by atoms with Gasteiger partial charge < -0.3 is 0 Å². The van der Waals surface area contributed by atoms with Gasteiger partial charge in [-0.05, 0) is 24.1 Å². The molecular formula is C15H11Cl3O. The lowest BCUT2D eigenvalue weighted by atomic mass is 10.0. The first-order chi connectivity index (χ1) is 9.08. The molecule has 98 valence electrons. The Morgan fingerprint density at radius 3 is 2.32 bits per heavy atom. The Bertz CT molecular complexity index is 581. The highest BCUT2D eigenvalue weighted by Gasteiger charge is 2.17. The predicted octanol–water partition coefficient (Wildman–Crippen LogP) is 5.03. The fraction of sp³-hybridized carbons (Fsp3) is 0.133. The Labute approximate surface area is 127 Å². The van der Waals surface area contributed by atoms with Gasteiger partial charge in [0, 0.05) is 5.56 Å². The summed E-state index contributed by atoms with van der Waals surface area (Å²) in [6, 6.07) is 14.3. The molecule has 1 nitrogen and oxygen atoms in total. The van der Waals surface area contributed by atoms with Gasteiger partial charge >= 0.3 is 0 Å². The van der Waals surface area contributed by atoms with E-state index >= 15 is 0 Å². The van der Waals surface area contributed by atoms with Crippen molar-refractivity contribution in [3.8, 4) is 0 Å². The van der Waals surface area contributed by atoms with E-state index in [-0.39, 0.29) is 5.78 Å². The van der Waals surface area contributed by atoms with Crippen LogP contribution in [0.25, 0.3) is 0 Å². The van der Waals surface area contributed by atoms with E-state index in [1.165, 1.54) is 0 Å². The number of alkyl halides is 1. The van der Waals surface area contributed by atoms with Crippen molar-refractivity contribution < 1.29 is 4.79 Å². The van der Waals surface area contributed by atoms with Gasteiger partial charge in [-0.2, -0.15) is 0 Å². The lowest BCUT2D eigenvalue weighted by molar-refractivity contribution is 0.0986. The molecule has 19 heavy (non-hydrogen) atoms. The van der Waals surface area contributed by atoms with Gasteiger partial charge in [-0.25, -0.2) is 0 Å². The van der Waals surface area contributed by atoms with E-state index in [4.69, 9.17) is 34.8 Å². The van der Waals surface area contributed by atoms with Crippen molar-refractivity contribution in [2.24, 2.45) is 0 Å². The van der Waals surface area contributed by atoms with E-state index in [1.54, 1.807) is 24.3 Å². The van der Waals surface area contributed by atoms with Crippen LogP contribution in [0.2, 0.25) is 10.0 Å². The maximum Gasteiger partial charge on any atom is 0.180 e. The molecule has 4 heteroatoms. The van der Waals surface area contributed by atoms with Gasteiger partial charge in [0.1, 0.15) is 5.38 Å². The predicted molar refractivity (Wildman–Crippen MR) is 80.6 cm³/mol. The largest absolute Gasteiger partial charge is 0.292 e. The maximum absolute atomic E-state index is 12.1. The van der Waals surface area contributed by atoms with E-state index in [0.717, 1.165) is 5.56 Å². The molecule has 0 saturated carbocycles. The number of Topliss-reactive ketones (excluding diaryl/α,β-unsaturated/α-hetero) is 1. The molecule has 0 bridgehead atoms. The molecule has 2 aromatic carbocycles. The van der Waals surface area contributed by atoms with Crippen LogP contribution in [0.3, 0.4) is 0 Å². The van der Waals surface area contributed by atoms with Gasteiger partial charge in [-0.3, -0.25) is 4.79 Å². The van der Waals surface area contributed by atoms with Crippen LogP contribution < -0.4 is 0 Å². The van der Waals surface area contributed by atoms with Crippen LogP contribution in [0.1, 0.15) is 15.9 Å².